The van der Waals surface area contributed by atoms with Crippen LogP contribution in [0, 0.1) is 17.0 Å². The van der Waals surface area contributed by atoms with E-state index in [2.05, 4.69) is 16.0 Å². The van der Waals surface area contributed by atoms with Gasteiger partial charge in [0.05, 0.1) is 0 Å². The van der Waals surface area contributed by atoms with Crippen LogP contribution in [0.2, 0.25) is 0 Å². The van der Waals surface area contributed by atoms with Crippen LogP contribution in [0.15, 0.2) is 42.5 Å². The summed E-state index contributed by atoms with van der Waals surface area (Å²) < 4.78 is 26.2. The van der Waals surface area contributed by atoms with E-state index in [9.17, 15) is 23.2 Å². The van der Waals surface area contributed by atoms with Crippen molar-refractivity contribution in [3.8, 4) is 0 Å². The molecule has 0 atom stereocenters. The first-order chi connectivity index (χ1) is 12.8. The quantitative estimate of drug-likeness (QED) is 0.703. The van der Waals surface area contributed by atoms with E-state index in [1.807, 2.05) is 0 Å². The Bertz CT molecular complexity index is 909. The molecule has 8 heteroatoms. The summed E-state index contributed by atoms with van der Waals surface area (Å²) in [6.45, 7) is 1.39. The van der Waals surface area contributed by atoms with E-state index in [0.29, 0.717) is 24.2 Å². The van der Waals surface area contributed by atoms with Crippen molar-refractivity contribution in [2.24, 2.45) is 5.41 Å². The van der Waals surface area contributed by atoms with Crippen LogP contribution in [0.5, 0.6) is 0 Å². The zero-order valence-electron chi connectivity index (χ0n) is 14.4. The van der Waals surface area contributed by atoms with Crippen molar-refractivity contribution in [2.75, 3.05) is 16.0 Å². The number of carbonyl (C=O) groups excluding carboxylic acids is 3. The highest BCUT2D eigenvalue weighted by Crippen LogP contribution is 2.47. The van der Waals surface area contributed by atoms with Crippen LogP contribution in [-0.2, 0) is 14.4 Å². The van der Waals surface area contributed by atoms with Gasteiger partial charge in [-0.3, -0.25) is 14.4 Å². The molecule has 3 rings (SSSR count). The summed E-state index contributed by atoms with van der Waals surface area (Å²) >= 11 is 0. The summed E-state index contributed by atoms with van der Waals surface area (Å²) in [5.74, 6) is -3.36. The summed E-state index contributed by atoms with van der Waals surface area (Å²) in [5, 5.41) is 7.73. The van der Waals surface area contributed by atoms with Crippen molar-refractivity contribution < 1.29 is 23.2 Å². The van der Waals surface area contributed by atoms with Gasteiger partial charge >= 0.3 is 0 Å². The molecule has 0 aliphatic heterocycles. The van der Waals surface area contributed by atoms with E-state index in [0.717, 1.165) is 12.1 Å². The molecule has 3 amide bonds. The molecule has 6 nitrogen and oxygen atoms in total. The van der Waals surface area contributed by atoms with E-state index >= 15 is 0 Å². The zero-order chi connectivity index (χ0) is 19.6. The first-order valence-electron chi connectivity index (χ1n) is 8.26. The number of rotatable bonds is 5. The molecule has 27 heavy (non-hydrogen) atoms. The maximum absolute atomic E-state index is 13.3. The maximum atomic E-state index is 13.3. The molecule has 1 fully saturated rings. The van der Waals surface area contributed by atoms with E-state index in [-0.39, 0.29) is 11.6 Å². The Morgan fingerprint density at radius 3 is 1.74 bits per heavy atom. The molecule has 0 aromatic heterocycles. The van der Waals surface area contributed by atoms with Gasteiger partial charge in [-0.1, -0.05) is 0 Å². The lowest BCUT2D eigenvalue weighted by atomic mass is 10.0. The normalized spacial score (nSPS) is 14.2. The van der Waals surface area contributed by atoms with Crippen molar-refractivity contribution in [3.05, 3.63) is 54.1 Å². The van der Waals surface area contributed by atoms with Crippen molar-refractivity contribution in [1.82, 2.24) is 0 Å². The topological polar surface area (TPSA) is 87.3 Å². The van der Waals surface area contributed by atoms with Crippen molar-refractivity contribution in [2.45, 2.75) is 19.8 Å². The van der Waals surface area contributed by atoms with E-state index in [4.69, 9.17) is 0 Å². The van der Waals surface area contributed by atoms with Crippen LogP contribution in [0.1, 0.15) is 19.8 Å². The van der Waals surface area contributed by atoms with Gasteiger partial charge in [-0.05, 0) is 49.2 Å². The molecule has 1 aliphatic carbocycles. The van der Waals surface area contributed by atoms with Crippen molar-refractivity contribution in [3.63, 3.8) is 0 Å². The smallest absolute Gasteiger partial charge is 0.240 e. The number of carbonyl (C=O) groups is 3. The fourth-order valence-electron chi connectivity index (χ4n) is 2.60. The lowest BCUT2D eigenvalue weighted by molar-refractivity contribution is -0.131. The lowest BCUT2D eigenvalue weighted by Gasteiger charge is -2.16. The Morgan fingerprint density at radius 2 is 1.26 bits per heavy atom. The summed E-state index contributed by atoms with van der Waals surface area (Å²) in [6.07, 6.45) is 0.719. The largest absolute Gasteiger partial charge is 0.326 e. The first-order valence-corrected chi connectivity index (χ1v) is 8.26. The Balaban J connectivity index is 1.65. The van der Waals surface area contributed by atoms with Crippen LogP contribution in [0.4, 0.5) is 25.8 Å². The van der Waals surface area contributed by atoms with Gasteiger partial charge in [0.25, 0.3) is 0 Å². The van der Waals surface area contributed by atoms with Crippen LogP contribution >= 0.6 is 0 Å². The number of anilines is 3. The predicted octanol–water partition coefficient (Wildman–Crippen LogP) is 3.28. The molecule has 0 bridgehead atoms. The fourth-order valence-corrected chi connectivity index (χ4v) is 2.60. The minimum atomic E-state index is -1.23. The Morgan fingerprint density at radius 1 is 0.778 bits per heavy atom. The molecule has 0 spiro atoms. The summed E-state index contributed by atoms with van der Waals surface area (Å²) in [6, 6.07) is 9.45. The van der Waals surface area contributed by atoms with Crippen LogP contribution in [-0.4, -0.2) is 17.7 Å². The minimum Gasteiger partial charge on any atom is -0.326 e. The molecular weight excluding hydrogens is 356 g/mol. The third-order valence-corrected chi connectivity index (χ3v) is 4.26. The molecule has 2 aromatic carbocycles. The molecule has 0 radical (unpaired) electrons. The highest BCUT2D eigenvalue weighted by Gasteiger charge is 2.56. The second kappa shape index (κ2) is 7.14. The molecule has 2 aromatic rings. The van der Waals surface area contributed by atoms with Gasteiger partial charge in [0.15, 0.2) is 11.6 Å². The highest BCUT2D eigenvalue weighted by molar-refractivity contribution is 6.16. The standard InChI is InChI=1S/C19H17F2N3O3/c1-11(25)22-12-2-4-13(5-3-12)23-17(26)19(8-9-19)18(27)24-14-6-7-15(20)16(21)10-14/h2-7,10H,8-9H2,1H3,(H,22,25)(H,23,26)(H,24,27). The number of benzene rings is 2. The predicted molar refractivity (Wildman–Crippen MR) is 96.0 cm³/mol. The monoisotopic (exact) mass is 373 g/mol. The van der Waals surface area contributed by atoms with Gasteiger partial charge in [-0.25, -0.2) is 8.78 Å². The van der Waals surface area contributed by atoms with E-state index in [1.165, 1.54) is 13.0 Å². The third kappa shape index (κ3) is 4.11. The molecule has 0 heterocycles. The van der Waals surface area contributed by atoms with Crippen LogP contribution in [0.3, 0.4) is 0 Å². The van der Waals surface area contributed by atoms with Gasteiger partial charge in [-0.15, -0.1) is 0 Å². The van der Waals surface area contributed by atoms with Gasteiger partial charge in [0.1, 0.15) is 5.41 Å². The molecule has 0 saturated heterocycles. The minimum absolute atomic E-state index is 0.0811. The zero-order valence-corrected chi connectivity index (χ0v) is 14.4. The van der Waals surface area contributed by atoms with Crippen LogP contribution in [0.25, 0.3) is 0 Å². The number of halogens is 2. The number of amides is 3. The molecule has 1 aliphatic rings. The Labute approximate surface area is 154 Å². The van der Waals surface area contributed by atoms with E-state index < -0.39 is 28.9 Å². The van der Waals surface area contributed by atoms with Gasteiger partial charge in [-0.2, -0.15) is 0 Å². The third-order valence-electron chi connectivity index (χ3n) is 4.26. The summed E-state index contributed by atoms with van der Waals surface area (Å²) in [5.41, 5.74) is -0.0994. The van der Waals surface area contributed by atoms with Gasteiger partial charge in [0.2, 0.25) is 17.7 Å². The number of nitrogens with one attached hydrogen (secondary N) is 3. The Kier molecular flexibility index (Phi) is 4.89. The van der Waals surface area contributed by atoms with Crippen molar-refractivity contribution in [1.29, 1.82) is 0 Å². The average molecular weight is 373 g/mol. The second-order valence-corrected chi connectivity index (χ2v) is 6.38. The van der Waals surface area contributed by atoms with Gasteiger partial charge in [0, 0.05) is 30.1 Å². The lowest BCUT2D eigenvalue weighted by Crippen LogP contribution is -2.35. The molecule has 1 saturated carbocycles. The summed E-state index contributed by atoms with van der Waals surface area (Å²) in [7, 11) is 0. The SMILES string of the molecule is CC(=O)Nc1ccc(NC(=O)C2(C(=O)Nc3ccc(F)c(F)c3)CC2)cc1. The van der Waals surface area contributed by atoms with Crippen LogP contribution < -0.4 is 16.0 Å². The number of hydrogen-bond donors (Lipinski definition) is 3. The van der Waals surface area contributed by atoms with E-state index in [1.54, 1.807) is 24.3 Å². The van der Waals surface area contributed by atoms with Crippen molar-refractivity contribution >= 4 is 34.8 Å². The molecule has 0 unspecified atom stereocenters. The highest BCUT2D eigenvalue weighted by atomic mass is 19.2. The summed E-state index contributed by atoms with van der Waals surface area (Å²) in [4.78, 5) is 36.0. The molecule has 3 N–H and O–H groups in total. The maximum Gasteiger partial charge on any atom is 0.240 e. The number of hydrogen-bond acceptors (Lipinski definition) is 3. The second-order valence-electron chi connectivity index (χ2n) is 6.38. The molecular formula is C19H17F2N3O3. The van der Waals surface area contributed by atoms with Gasteiger partial charge < -0.3 is 16.0 Å². The Hall–Kier alpha value is -3.29. The first kappa shape index (κ1) is 18.5. The fraction of sp³-hybridized carbons (Fsp3) is 0.211. The molecule has 140 valence electrons. The average Bonchev–Trinajstić information content (AvgIpc) is 3.41.